The summed E-state index contributed by atoms with van der Waals surface area (Å²) >= 11 is 3.30. The second-order valence-corrected chi connectivity index (χ2v) is 5.51. The monoisotopic (exact) mass is 325 g/mol. The second-order valence-electron chi connectivity index (χ2n) is 4.66. The zero-order chi connectivity index (χ0) is 13.4. The fraction of sp³-hybridized carbons (Fsp3) is 0.417. The van der Waals surface area contributed by atoms with Crippen LogP contribution in [0.4, 0.5) is 10.1 Å². The van der Waals surface area contributed by atoms with E-state index in [4.69, 9.17) is 0 Å². The summed E-state index contributed by atoms with van der Waals surface area (Å²) in [6.07, 6.45) is 2.23. The van der Waals surface area contributed by atoms with Crippen molar-refractivity contribution in [3.05, 3.63) is 33.8 Å². The van der Waals surface area contributed by atoms with Crippen molar-refractivity contribution in [3.63, 3.8) is 0 Å². The molecule has 0 atom stereocenters. The maximum absolute atomic E-state index is 14.0. The molecule has 1 fully saturated rings. The van der Waals surface area contributed by atoms with Crippen LogP contribution in [-0.2, 0) is 6.54 Å². The summed E-state index contributed by atoms with van der Waals surface area (Å²) in [6.45, 7) is 2.15. The third kappa shape index (κ3) is 2.47. The molecule has 100 valence electrons. The Morgan fingerprint density at radius 3 is 3.00 bits per heavy atom. The molecule has 5 nitrogen and oxygen atoms in total. The number of halogens is 2. The van der Waals surface area contributed by atoms with Gasteiger partial charge >= 0.3 is 0 Å². The number of tetrazole rings is 1. The lowest BCUT2D eigenvalue weighted by Crippen LogP contribution is -2.10. The maximum Gasteiger partial charge on any atom is 0.170 e. The molecule has 2 aromatic rings. The van der Waals surface area contributed by atoms with Crippen molar-refractivity contribution >= 4 is 21.6 Å². The summed E-state index contributed by atoms with van der Waals surface area (Å²) in [5.74, 6) is 0.488. The van der Waals surface area contributed by atoms with Gasteiger partial charge in [0, 0.05) is 10.0 Å². The van der Waals surface area contributed by atoms with Gasteiger partial charge in [-0.1, -0.05) is 15.9 Å². The number of hydrogen-bond acceptors (Lipinski definition) is 4. The van der Waals surface area contributed by atoms with E-state index in [0.717, 1.165) is 23.1 Å². The van der Waals surface area contributed by atoms with Crippen LogP contribution < -0.4 is 5.32 Å². The van der Waals surface area contributed by atoms with E-state index in [2.05, 4.69) is 36.8 Å². The van der Waals surface area contributed by atoms with Crippen molar-refractivity contribution in [3.8, 4) is 0 Å². The van der Waals surface area contributed by atoms with Crippen LogP contribution in [0.25, 0.3) is 0 Å². The zero-order valence-electron chi connectivity index (χ0n) is 10.4. The molecule has 1 aliphatic carbocycles. The molecule has 3 rings (SSSR count). The Morgan fingerprint density at radius 1 is 1.47 bits per heavy atom. The summed E-state index contributed by atoms with van der Waals surface area (Å²) in [7, 11) is 0. The Kier molecular flexibility index (Phi) is 3.22. The summed E-state index contributed by atoms with van der Waals surface area (Å²) in [5.41, 5.74) is 1.05. The van der Waals surface area contributed by atoms with Gasteiger partial charge in [0.25, 0.3) is 0 Å². The van der Waals surface area contributed by atoms with E-state index in [0.29, 0.717) is 23.8 Å². The highest BCUT2D eigenvalue weighted by molar-refractivity contribution is 9.10. The number of rotatable bonds is 4. The first kappa shape index (κ1) is 12.5. The van der Waals surface area contributed by atoms with Crippen molar-refractivity contribution in [1.29, 1.82) is 0 Å². The maximum atomic E-state index is 14.0. The second kappa shape index (κ2) is 4.88. The number of aromatic nitrogens is 4. The Morgan fingerprint density at radius 2 is 2.26 bits per heavy atom. The smallest absolute Gasteiger partial charge is 0.170 e. The van der Waals surface area contributed by atoms with Crippen LogP contribution in [0.15, 0.2) is 16.6 Å². The third-order valence-corrected chi connectivity index (χ3v) is 4.07. The molecule has 0 radical (unpaired) electrons. The minimum absolute atomic E-state index is 0.250. The number of hydrogen-bond donors (Lipinski definition) is 1. The fourth-order valence-corrected chi connectivity index (χ4v) is 2.21. The highest BCUT2D eigenvalue weighted by Crippen LogP contribution is 2.34. The molecule has 19 heavy (non-hydrogen) atoms. The van der Waals surface area contributed by atoms with Crippen molar-refractivity contribution < 1.29 is 4.39 Å². The van der Waals surface area contributed by atoms with Gasteiger partial charge in [-0.3, -0.25) is 0 Å². The van der Waals surface area contributed by atoms with Gasteiger partial charge in [-0.05, 0) is 42.3 Å². The molecule has 0 spiro atoms. The van der Waals surface area contributed by atoms with Crippen LogP contribution in [-0.4, -0.2) is 20.2 Å². The number of benzene rings is 1. The highest BCUT2D eigenvalue weighted by atomic mass is 79.9. The number of nitrogens with zero attached hydrogens (tertiary/aromatic N) is 4. The van der Waals surface area contributed by atoms with E-state index in [1.54, 1.807) is 13.0 Å². The summed E-state index contributed by atoms with van der Waals surface area (Å²) in [6, 6.07) is 3.95. The van der Waals surface area contributed by atoms with E-state index < -0.39 is 0 Å². The molecule has 0 unspecified atom stereocenters. The zero-order valence-corrected chi connectivity index (χ0v) is 12.0. The Balaban J connectivity index is 1.75. The Bertz CT molecular complexity index is 608. The van der Waals surface area contributed by atoms with Crippen LogP contribution >= 0.6 is 15.9 Å². The van der Waals surface area contributed by atoms with Gasteiger partial charge in [-0.2, -0.15) is 0 Å². The minimum atomic E-state index is -0.250. The molecule has 1 aliphatic rings. The molecule has 1 aromatic heterocycles. The van der Waals surface area contributed by atoms with Crippen LogP contribution in [0.3, 0.4) is 0 Å². The highest BCUT2D eigenvalue weighted by Gasteiger charge is 2.27. The van der Waals surface area contributed by atoms with E-state index in [-0.39, 0.29) is 5.82 Å². The van der Waals surface area contributed by atoms with Crippen LogP contribution in [0.5, 0.6) is 0 Å². The van der Waals surface area contributed by atoms with Crippen molar-refractivity contribution in [2.24, 2.45) is 0 Å². The first-order valence-electron chi connectivity index (χ1n) is 6.12. The third-order valence-electron chi connectivity index (χ3n) is 3.21. The fourth-order valence-electron chi connectivity index (χ4n) is 1.90. The van der Waals surface area contributed by atoms with Gasteiger partial charge in [-0.25, -0.2) is 9.07 Å². The predicted molar refractivity (Wildman–Crippen MR) is 72.3 cm³/mol. The van der Waals surface area contributed by atoms with E-state index >= 15 is 0 Å². The Hall–Kier alpha value is -1.50. The molecular weight excluding hydrogens is 313 g/mol. The van der Waals surface area contributed by atoms with E-state index in [1.807, 2.05) is 10.7 Å². The van der Waals surface area contributed by atoms with Crippen LogP contribution in [0, 0.1) is 12.7 Å². The number of nitrogens with one attached hydrogen (secondary N) is 1. The van der Waals surface area contributed by atoms with Gasteiger partial charge in [-0.15, -0.1) is 5.10 Å². The van der Waals surface area contributed by atoms with Crippen LogP contribution in [0.2, 0.25) is 0 Å². The topological polar surface area (TPSA) is 55.6 Å². The van der Waals surface area contributed by atoms with Gasteiger partial charge in [0.2, 0.25) is 0 Å². The lowest BCUT2D eigenvalue weighted by Gasteiger charge is -2.10. The molecule has 1 heterocycles. The van der Waals surface area contributed by atoms with Crippen LogP contribution in [0.1, 0.15) is 30.3 Å². The number of anilines is 1. The summed E-state index contributed by atoms with van der Waals surface area (Å²) in [5, 5.41) is 14.6. The first-order valence-corrected chi connectivity index (χ1v) is 6.91. The molecule has 0 amide bonds. The van der Waals surface area contributed by atoms with E-state index in [9.17, 15) is 4.39 Å². The molecule has 0 aliphatic heterocycles. The normalized spacial score (nSPS) is 14.7. The van der Waals surface area contributed by atoms with Crippen molar-refractivity contribution in [2.75, 3.05) is 5.32 Å². The van der Waals surface area contributed by atoms with Gasteiger partial charge in [0.1, 0.15) is 5.82 Å². The largest absolute Gasteiger partial charge is 0.375 e. The average molecular weight is 326 g/mol. The Labute approximate surface area is 118 Å². The molecule has 1 aromatic carbocycles. The predicted octanol–water partition coefficient (Wildman–Crippen LogP) is 2.83. The van der Waals surface area contributed by atoms with Crippen molar-refractivity contribution in [1.82, 2.24) is 20.2 Å². The lowest BCUT2D eigenvalue weighted by atomic mass is 10.2. The molecular formula is C12H13BrFN5. The SMILES string of the molecule is Cc1c(Br)ccc(NCc2nnnn2C2CC2)c1F. The molecule has 0 bridgehead atoms. The van der Waals surface area contributed by atoms with Gasteiger partial charge in [0.05, 0.1) is 18.3 Å². The van der Waals surface area contributed by atoms with Gasteiger partial charge < -0.3 is 5.32 Å². The minimum Gasteiger partial charge on any atom is -0.375 e. The summed E-state index contributed by atoms with van der Waals surface area (Å²) < 4.78 is 16.6. The first-order chi connectivity index (χ1) is 9.16. The molecule has 1 saturated carbocycles. The van der Waals surface area contributed by atoms with Gasteiger partial charge in [0.15, 0.2) is 5.82 Å². The lowest BCUT2D eigenvalue weighted by molar-refractivity contribution is 0.584. The van der Waals surface area contributed by atoms with E-state index in [1.165, 1.54) is 0 Å². The molecule has 0 saturated heterocycles. The summed E-state index contributed by atoms with van der Waals surface area (Å²) in [4.78, 5) is 0. The molecule has 7 heteroatoms. The quantitative estimate of drug-likeness (QED) is 0.939. The average Bonchev–Trinajstić information content (AvgIpc) is 3.15. The standard InChI is InChI=1S/C12H13BrFN5/c1-7-9(13)4-5-10(12(7)14)15-6-11-16-17-18-19(11)8-2-3-8/h4-5,8,15H,2-3,6H2,1H3. The molecule has 1 N–H and O–H groups in total. The van der Waals surface area contributed by atoms with Crippen molar-refractivity contribution in [2.45, 2.75) is 32.4 Å².